The van der Waals surface area contributed by atoms with Gasteiger partial charge in [0.1, 0.15) is 0 Å². The summed E-state index contributed by atoms with van der Waals surface area (Å²) in [5, 5.41) is 10.1. The molecule has 0 spiro atoms. The predicted molar refractivity (Wildman–Crippen MR) is 65.5 cm³/mol. The summed E-state index contributed by atoms with van der Waals surface area (Å²) in [7, 11) is 2.01. The molecule has 2 heterocycles. The Morgan fingerprint density at radius 1 is 1.59 bits per heavy atom. The molecule has 0 aromatic carbocycles. The fourth-order valence-electron chi connectivity index (χ4n) is 2.16. The first-order chi connectivity index (χ1) is 8.25. The molecule has 1 aromatic rings. The fraction of sp³-hybridized carbons (Fsp3) is 0.615. The summed E-state index contributed by atoms with van der Waals surface area (Å²) >= 11 is 0. The highest BCUT2D eigenvalue weighted by Crippen LogP contribution is 2.17. The maximum Gasteiger partial charge on any atom is 0.0718 e. The molecular formula is C13H20N2O2. The molecule has 1 aliphatic heterocycles. The minimum atomic E-state index is -0.300. The minimum Gasteiger partial charge on any atom is -0.391 e. The van der Waals surface area contributed by atoms with Crippen molar-refractivity contribution in [2.45, 2.75) is 19.1 Å². The summed E-state index contributed by atoms with van der Waals surface area (Å²) < 4.78 is 5.29. The molecule has 1 N–H and O–H groups in total. The molecule has 0 amide bonds. The number of hydrogen-bond donors (Lipinski definition) is 1. The van der Waals surface area contributed by atoms with Crippen molar-refractivity contribution in [3.63, 3.8) is 0 Å². The zero-order valence-corrected chi connectivity index (χ0v) is 10.2. The van der Waals surface area contributed by atoms with Gasteiger partial charge in [0.15, 0.2) is 0 Å². The van der Waals surface area contributed by atoms with Crippen LogP contribution in [-0.4, -0.2) is 47.9 Å². The molecule has 1 aliphatic rings. The first-order valence-corrected chi connectivity index (χ1v) is 6.10. The van der Waals surface area contributed by atoms with Gasteiger partial charge in [-0.3, -0.25) is 9.88 Å². The zero-order valence-electron chi connectivity index (χ0n) is 10.2. The lowest BCUT2D eigenvalue weighted by atomic mass is 10.0. The van der Waals surface area contributed by atoms with E-state index in [1.807, 2.05) is 25.2 Å². The molecule has 0 bridgehead atoms. The quantitative estimate of drug-likeness (QED) is 0.825. The van der Waals surface area contributed by atoms with Crippen LogP contribution in [0, 0.1) is 5.92 Å². The lowest BCUT2D eigenvalue weighted by Crippen LogP contribution is -2.34. The number of hydrogen-bond acceptors (Lipinski definition) is 4. The third-order valence-corrected chi connectivity index (χ3v) is 3.17. The maximum absolute atomic E-state index is 10.1. The van der Waals surface area contributed by atoms with Gasteiger partial charge in [0.25, 0.3) is 0 Å². The van der Waals surface area contributed by atoms with E-state index in [1.165, 1.54) is 0 Å². The van der Waals surface area contributed by atoms with Crippen molar-refractivity contribution < 1.29 is 9.84 Å². The standard InChI is InChI=1S/C13H20N2O2/c1-15(8-12-4-2-3-6-14-12)9-13(16)11-5-7-17-10-11/h2-4,6,11,13,16H,5,7-10H2,1H3. The van der Waals surface area contributed by atoms with Crippen LogP contribution < -0.4 is 0 Å². The summed E-state index contributed by atoms with van der Waals surface area (Å²) in [6.07, 6.45) is 2.47. The van der Waals surface area contributed by atoms with E-state index in [-0.39, 0.29) is 6.10 Å². The summed E-state index contributed by atoms with van der Waals surface area (Å²) in [6.45, 7) is 2.92. The Kier molecular flexibility index (Phi) is 4.48. The lowest BCUT2D eigenvalue weighted by Gasteiger charge is -2.23. The minimum absolute atomic E-state index is 0.293. The van der Waals surface area contributed by atoms with E-state index in [2.05, 4.69) is 9.88 Å². The first kappa shape index (κ1) is 12.5. The van der Waals surface area contributed by atoms with Crippen LogP contribution in [-0.2, 0) is 11.3 Å². The number of aliphatic hydroxyl groups is 1. The number of nitrogens with zero attached hydrogens (tertiary/aromatic N) is 2. The van der Waals surface area contributed by atoms with Crippen LogP contribution in [0.4, 0.5) is 0 Å². The van der Waals surface area contributed by atoms with Crippen LogP contribution in [0.25, 0.3) is 0 Å². The molecule has 0 aliphatic carbocycles. The molecule has 1 aromatic heterocycles. The SMILES string of the molecule is CN(Cc1ccccn1)CC(O)C1CCOC1. The molecule has 2 rings (SSSR count). The Bertz CT molecular complexity index is 325. The highest BCUT2D eigenvalue weighted by molar-refractivity contribution is 5.03. The average molecular weight is 236 g/mol. The number of pyridine rings is 1. The normalized spacial score (nSPS) is 21.9. The zero-order chi connectivity index (χ0) is 12.1. The molecule has 17 heavy (non-hydrogen) atoms. The van der Waals surface area contributed by atoms with Crippen LogP contribution in [0.1, 0.15) is 12.1 Å². The second kappa shape index (κ2) is 6.10. The van der Waals surface area contributed by atoms with Gasteiger partial charge in [-0.25, -0.2) is 0 Å². The number of likely N-dealkylation sites (N-methyl/N-ethyl adjacent to an activating group) is 1. The Hall–Kier alpha value is -0.970. The predicted octanol–water partition coefficient (Wildman–Crippen LogP) is 0.911. The molecule has 1 saturated heterocycles. The van der Waals surface area contributed by atoms with Crippen molar-refractivity contribution >= 4 is 0 Å². The van der Waals surface area contributed by atoms with Crippen molar-refractivity contribution in [3.05, 3.63) is 30.1 Å². The van der Waals surface area contributed by atoms with Gasteiger partial charge in [-0.15, -0.1) is 0 Å². The molecular weight excluding hydrogens is 216 g/mol. The Balaban J connectivity index is 1.78. The van der Waals surface area contributed by atoms with Crippen LogP contribution in [0.5, 0.6) is 0 Å². The topological polar surface area (TPSA) is 45.6 Å². The number of rotatable bonds is 5. The summed E-state index contributed by atoms with van der Waals surface area (Å²) in [4.78, 5) is 6.38. The number of aromatic nitrogens is 1. The van der Waals surface area contributed by atoms with E-state index < -0.39 is 0 Å². The van der Waals surface area contributed by atoms with E-state index in [0.717, 1.165) is 25.3 Å². The van der Waals surface area contributed by atoms with Gasteiger partial charge in [-0.1, -0.05) is 6.07 Å². The second-order valence-corrected chi connectivity index (χ2v) is 4.71. The lowest BCUT2D eigenvalue weighted by molar-refractivity contribution is 0.0612. The fourth-order valence-corrected chi connectivity index (χ4v) is 2.16. The van der Waals surface area contributed by atoms with Gasteiger partial charge in [0.2, 0.25) is 0 Å². The molecule has 1 fully saturated rings. The Morgan fingerprint density at radius 2 is 2.47 bits per heavy atom. The molecule has 0 radical (unpaired) electrons. The van der Waals surface area contributed by atoms with Crippen LogP contribution in [0.2, 0.25) is 0 Å². The van der Waals surface area contributed by atoms with Crippen molar-refractivity contribution in [2.75, 3.05) is 26.8 Å². The Morgan fingerprint density at radius 3 is 3.12 bits per heavy atom. The number of ether oxygens (including phenoxy) is 1. The van der Waals surface area contributed by atoms with E-state index in [1.54, 1.807) is 6.20 Å². The molecule has 2 unspecified atom stereocenters. The molecule has 94 valence electrons. The number of aliphatic hydroxyl groups excluding tert-OH is 1. The highest BCUT2D eigenvalue weighted by atomic mass is 16.5. The van der Waals surface area contributed by atoms with Crippen molar-refractivity contribution in [1.82, 2.24) is 9.88 Å². The van der Waals surface area contributed by atoms with Gasteiger partial charge in [-0.05, 0) is 25.6 Å². The van der Waals surface area contributed by atoms with Crippen LogP contribution in [0.15, 0.2) is 24.4 Å². The monoisotopic (exact) mass is 236 g/mol. The van der Waals surface area contributed by atoms with E-state index in [4.69, 9.17) is 4.74 Å². The third kappa shape index (κ3) is 3.77. The second-order valence-electron chi connectivity index (χ2n) is 4.71. The first-order valence-electron chi connectivity index (χ1n) is 6.10. The van der Waals surface area contributed by atoms with Gasteiger partial charge < -0.3 is 9.84 Å². The third-order valence-electron chi connectivity index (χ3n) is 3.17. The summed E-state index contributed by atoms with van der Waals surface area (Å²) in [5.41, 5.74) is 1.03. The molecule has 4 heteroatoms. The molecule has 4 nitrogen and oxygen atoms in total. The summed E-state index contributed by atoms with van der Waals surface area (Å²) in [5.74, 6) is 0.293. The van der Waals surface area contributed by atoms with Crippen molar-refractivity contribution in [1.29, 1.82) is 0 Å². The summed E-state index contributed by atoms with van der Waals surface area (Å²) in [6, 6.07) is 5.90. The van der Waals surface area contributed by atoms with Crippen LogP contribution >= 0.6 is 0 Å². The maximum atomic E-state index is 10.1. The van der Waals surface area contributed by atoms with E-state index in [9.17, 15) is 5.11 Å². The van der Waals surface area contributed by atoms with Gasteiger partial charge in [-0.2, -0.15) is 0 Å². The van der Waals surface area contributed by atoms with Gasteiger partial charge in [0.05, 0.1) is 18.4 Å². The van der Waals surface area contributed by atoms with E-state index in [0.29, 0.717) is 19.1 Å². The molecule has 0 saturated carbocycles. The average Bonchev–Trinajstić information content (AvgIpc) is 2.83. The Labute approximate surface area is 102 Å². The van der Waals surface area contributed by atoms with Crippen molar-refractivity contribution in [2.24, 2.45) is 5.92 Å². The smallest absolute Gasteiger partial charge is 0.0718 e. The highest BCUT2D eigenvalue weighted by Gasteiger charge is 2.24. The molecule has 2 atom stereocenters. The van der Waals surface area contributed by atoms with Gasteiger partial charge in [0, 0.05) is 31.8 Å². The van der Waals surface area contributed by atoms with Crippen LogP contribution in [0.3, 0.4) is 0 Å². The largest absolute Gasteiger partial charge is 0.391 e. The van der Waals surface area contributed by atoms with E-state index >= 15 is 0 Å². The van der Waals surface area contributed by atoms with Gasteiger partial charge >= 0.3 is 0 Å². The van der Waals surface area contributed by atoms with Crippen molar-refractivity contribution in [3.8, 4) is 0 Å².